The third-order valence-corrected chi connectivity index (χ3v) is 3.24. The maximum Gasteiger partial charge on any atom is 0.304 e. The van der Waals surface area contributed by atoms with Crippen molar-refractivity contribution in [2.75, 3.05) is 0 Å². The van der Waals surface area contributed by atoms with E-state index in [2.05, 4.69) is 23.4 Å². The number of carbonyl (C=O) groups is 1. The standard InChI is InChI=1S/C12H18N2O2/c1-8(2)14-7-13-10-5-3-4-9(12(10)14)6-11(15)16/h7-9H,3-6H2,1-2H3,(H,15,16). The predicted molar refractivity (Wildman–Crippen MR) is 60.5 cm³/mol. The normalized spacial score (nSPS) is 19.8. The average Bonchev–Trinajstić information content (AvgIpc) is 2.61. The molecule has 0 fully saturated rings. The molecular formula is C12H18N2O2. The number of hydrogen-bond acceptors (Lipinski definition) is 2. The van der Waals surface area contributed by atoms with Gasteiger partial charge in [-0.25, -0.2) is 4.98 Å². The summed E-state index contributed by atoms with van der Waals surface area (Å²) in [5, 5.41) is 8.93. The van der Waals surface area contributed by atoms with E-state index in [1.165, 1.54) is 0 Å². The number of rotatable bonds is 3. The number of nitrogens with zero attached hydrogens (tertiary/aromatic N) is 2. The molecule has 4 heteroatoms. The van der Waals surface area contributed by atoms with E-state index in [4.69, 9.17) is 5.11 Å². The van der Waals surface area contributed by atoms with Crippen LogP contribution in [0.2, 0.25) is 0 Å². The monoisotopic (exact) mass is 222 g/mol. The zero-order valence-electron chi connectivity index (χ0n) is 9.81. The molecule has 1 aromatic heterocycles. The van der Waals surface area contributed by atoms with Gasteiger partial charge in [0, 0.05) is 17.7 Å². The van der Waals surface area contributed by atoms with Gasteiger partial charge in [0.2, 0.25) is 0 Å². The maximum absolute atomic E-state index is 10.9. The second-order valence-electron chi connectivity index (χ2n) is 4.76. The molecule has 0 amide bonds. The molecule has 0 radical (unpaired) electrons. The first kappa shape index (κ1) is 11.2. The Morgan fingerprint density at radius 3 is 3.06 bits per heavy atom. The lowest BCUT2D eigenvalue weighted by molar-refractivity contribution is -0.137. The summed E-state index contributed by atoms with van der Waals surface area (Å²) in [7, 11) is 0. The molecule has 0 spiro atoms. The minimum Gasteiger partial charge on any atom is -0.481 e. The molecule has 1 unspecified atom stereocenters. The largest absolute Gasteiger partial charge is 0.481 e. The van der Waals surface area contributed by atoms with Crippen LogP contribution in [-0.4, -0.2) is 20.6 Å². The van der Waals surface area contributed by atoms with Crippen LogP contribution < -0.4 is 0 Å². The Kier molecular flexibility index (Phi) is 2.99. The fourth-order valence-corrected chi connectivity index (χ4v) is 2.52. The third kappa shape index (κ3) is 1.96. The van der Waals surface area contributed by atoms with E-state index in [1.54, 1.807) is 0 Å². The molecule has 1 aromatic rings. The molecule has 2 rings (SSSR count). The molecule has 0 bridgehead atoms. The lowest BCUT2D eigenvalue weighted by Gasteiger charge is -2.24. The maximum atomic E-state index is 10.9. The van der Waals surface area contributed by atoms with Crippen LogP contribution in [0, 0.1) is 0 Å². The van der Waals surface area contributed by atoms with E-state index in [9.17, 15) is 4.79 Å². The van der Waals surface area contributed by atoms with Gasteiger partial charge in [0.05, 0.1) is 18.4 Å². The summed E-state index contributed by atoms with van der Waals surface area (Å²) in [5.74, 6) is -0.569. The Hall–Kier alpha value is -1.32. The molecule has 88 valence electrons. The highest BCUT2D eigenvalue weighted by atomic mass is 16.4. The van der Waals surface area contributed by atoms with Gasteiger partial charge in [0.25, 0.3) is 0 Å². The molecule has 0 saturated heterocycles. The minimum atomic E-state index is -0.714. The molecule has 16 heavy (non-hydrogen) atoms. The summed E-state index contributed by atoms with van der Waals surface area (Å²) in [6.07, 6.45) is 5.10. The van der Waals surface area contributed by atoms with Gasteiger partial charge in [-0.15, -0.1) is 0 Å². The molecule has 1 N–H and O–H groups in total. The number of imidazole rings is 1. The number of aryl methyl sites for hydroxylation is 1. The molecule has 1 aliphatic rings. The van der Waals surface area contributed by atoms with Gasteiger partial charge in [-0.1, -0.05) is 0 Å². The summed E-state index contributed by atoms with van der Waals surface area (Å²) in [4.78, 5) is 15.3. The van der Waals surface area contributed by atoms with Crippen molar-refractivity contribution in [3.05, 3.63) is 17.7 Å². The van der Waals surface area contributed by atoms with Crippen LogP contribution in [0.4, 0.5) is 0 Å². The van der Waals surface area contributed by atoms with Crippen LogP contribution in [0.15, 0.2) is 6.33 Å². The second-order valence-corrected chi connectivity index (χ2v) is 4.76. The quantitative estimate of drug-likeness (QED) is 0.854. The molecule has 4 nitrogen and oxygen atoms in total. The van der Waals surface area contributed by atoms with Crippen molar-refractivity contribution in [2.45, 2.75) is 51.5 Å². The van der Waals surface area contributed by atoms with Gasteiger partial charge in [-0.05, 0) is 33.1 Å². The van der Waals surface area contributed by atoms with Gasteiger partial charge < -0.3 is 9.67 Å². The highest BCUT2D eigenvalue weighted by Crippen LogP contribution is 2.34. The zero-order chi connectivity index (χ0) is 11.7. The Morgan fingerprint density at radius 2 is 2.44 bits per heavy atom. The zero-order valence-corrected chi connectivity index (χ0v) is 9.81. The molecule has 1 atom stereocenters. The van der Waals surface area contributed by atoms with E-state index >= 15 is 0 Å². The van der Waals surface area contributed by atoms with Gasteiger partial charge >= 0.3 is 5.97 Å². The summed E-state index contributed by atoms with van der Waals surface area (Å²) >= 11 is 0. The van der Waals surface area contributed by atoms with Crippen LogP contribution in [-0.2, 0) is 11.2 Å². The fourth-order valence-electron chi connectivity index (χ4n) is 2.52. The SMILES string of the molecule is CC(C)n1cnc2c1C(CC(=O)O)CCC2. The Morgan fingerprint density at radius 1 is 1.69 bits per heavy atom. The molecule has 0 saturated carbocycles. The van der Waals surface area contributed by atoms with E-state index in [1.807, 2.05) is 6.33 Å². The summed E-state index contributed by atoms with van der Waals surface area (Å²) in [6.45, 7) is 4.21. The highest BCUT2D eigenvalue weighted by Gasteiger charge is 2.27. The summed E-state index contributed by atoms with van der Waals surface area (Å²) in [6, 6.07) is 0.352. The topological polar surface area (TPSA) is 55.1 Å². The summed E-state index contributed by atoms with van der Waals surface area (Å²) < 4.78 is 2.13. The number of hydrogen-bond donors (Lipinski definition) is 1. The van der Waals surface area contributed by atoms with Gasteiger partial charge in [0.15, 0.2) is 0 Å². The van der Waals surface area contributed by atoms with Crippen molar-refractivity contribution >= 4 is 5.97 Å². The number of fused-ring (bicyclic) bond motifs is 1. The van der Waals surface area contributed by atoms with Crippen molar-refractivity contribution < 1.29 is 9.90 Å². The first-order valence-corrected chi connectivity index (χ1v) is 5.87. The number of carboxylic acids is 1. The molecule has 1 aliphatic carbocycles. The fraction of sp³-hybridized carbons (Fsp3) is 0.667. The lowest BCUT2D eigenvalue weighted by atomic mass is 9.87. The van der Waals surface area contributed by atoms with Crippen LogP contribution >= 0.6 is 0 Å². The van der Waals surface area contributed by atoms with Crippen molar-refractivity contribution in [1.29, 1.82) is 0 Å². The average molecular weight is 222 g/mol. The Bertz CT molecular complexity index is 396. The van der Waals surface area contributed by atoms with Gasteiger partial charge in [-0.2, -0.15) is 0 Å². The number of aromatic nitrogens is 2. The molecule has 0 aliphatic heterocycles. The Labute approximate surface area is 95.3 Å². The van der Waals surface area contributed by atoms with E-state index < -0.39 is 5.97 Å². The smallest absolute Gasteiger partial charge is 0.304 e. The molecule has 0 aromatic carbocycles. The van der Waals surface area contributed by atoms with E-state index in [-0.39, 0.29) is 12.3 Å². The summed E-state index contributed by atoms with van der Waals surface area (Å²) in [5.41, 5.74) is 2.26. The first-order chi connectivity index (χ1) is 7.59. The van der Waals surface area contributed by atoms with E-state index in [0.29, 0.717) is 6.04 Å². The van der Waals surface area contributed by atoms with Gasteiger partial charge in [0.1, 0.15) is 0 Å². The number of aliphatic carboxylic acids is 1. The second kappa shape index (κ2) is 4.28. The van der Waals surface area contributed by atoms with Crippen molar-refractivity contribution in [3.8, 4) is 0 Å². The van der Waals surface area contributed by atoms with Crippen molar-refractivity contribution in [3.63, 3.8) is 0 Å². The highest BCUT2D eigenvalue weighted by molar-refractivity contribution is 5.68. The third-order valence-electron chi connectivity index (χ3n) is 3.24. The van der Waals surface area contributed by atoms with Crippen LogP contribution in [0.3, 0.4) is 0 Å². The van der Waals surface area contributed by atoms with E-state index in [0.717, 1.165) is 30.7 Å². The van der Waals surface area contributed by atoms with Crippen molar-refractivity contribution in [1.82, 2.24) is 9.55 Å². The number of carboxylic acid groups (broad SMARTS) is 1. The van der Waals surface area contributed by atoms with Crippen molar-refractivity contribution in [2.24, 2.45) is 0 Å². The molecular weight excluding hydrogens is 204 g/mol. The van der Waals surface area contributed by atoms with Crippen LogP contribution in [0.25, 0.3) is 0 Å². The van der Waals surface area contributed by atoms with Crippen LogP contribution in [0.1, 0.15) is 56.5 Å². The van der Waals surface area contributed by atoms with Crippen LogP contribution in [0.5, 0.6) is 0 Å². The Balaban J connectivity index is 2.34. The predicted octanol–water partition coefficient (Wildman–Crippen LogP) is 2.36. The lowest BCUT2D eigenvalue weighted by Crippen LogP contribution is -2.18. The molecule has 1 heterocycles. The first-order valence-electron chi connectivity index (χ1n) is 5.87. The minimum absolute atomic E-state index is 0.145. The van der Waals surface area contributed by atoms with Gasteiger partial charge in [-0.3, -0.25) is 4.79 Å².